The Morgan fingerprint density at radius 3 is 2.62 bits per heavy atom. The minimum absolute atomic E-state index is 0.0847. The number of carboxylic acids is 1. The van der Waals surface area contributed by atoms with Gasteiger partial charge < -0.3 is 29.5 Å². The molecule has 1 aliphatic rings. The highest BCUT2D eigenvalue weighted by Gasteiger charge is 2.28. The zero-order valence-electron chi connectivity index (χ0n) is 20.3. The van der Waals surface area contributed by atoms with Gasteiger partial charge >= 0.3 is 12.1 Å². The molecular formula is C26H24N4O7. The molecule has 190 valence electrons. The number of aliphatic carboxylic acids is 1. The first-order valence-corrected chi connectivity index (χ1v) is 11.4. The summed E-state index contributed by atoms with van der Waals surface area (Å²) < 4.78 is 16.4. The highest BCUT2D eigenvalue weighted by Crippen LogP contribution is 2.36. The molecule has 11 nitrogen and oxygen atoms in total. The number of nitrogens with zero attached hydrogens (tertiary/aromatic N) is 3. The number of benzene rings is 2. The fourth-order valence-electron chi connectivity index (χ4n) is 3.85. The SMILES string of the molecule is CC(C)Oc1ccc(-c2nc(-c3cccc4c3CC=C4OC(=O)NC(C(=O)O)C(C)O)no2)cc1C#N. The van der Waals surface area contributed by atoms with Gasteiger partial charge in [0.2, 0.25) is 5.82 Å². The molecule has 1 amide bonds. The summed E-state index contributed by atoms with van der Waals surface area (Å²) in [6, 6.07) is 10.9. The van der Waals surface area contributed by atoms with Crippen LogP contribution in [0.25, 0.3) is 28.6 Å². The van der Waals surface area contributed by atoms with Crippen LogP contribution in [0, 0.1) is 11.3 Å². The molecule has 0 aliphatic heterocycles. The van der Waals surface area contributed by atoms with Crippen molar-refractivity contribution in [3.63, 3.8) is 0 Å². The van der Waals surface area contributed by atoms with Crippen LogP contribution in [-0.2, 0) is 16.0 Å². The Hall–Kier alpha value is -4.69. The number of carbonyl (C=O) groups excluding carboxylic acids is 1. The smallest absolute Gasteiger partial charge is 0.413 e. The first-order valence-electron chi connectivity index (χ1n) is 11.4. The number of aliphatic hydroxyl groups is 1. The summed E-state index contributed by atoms with van der Waals surface area (Å²) in [5.74, 6) is -0.140. The molecule has 0 saturated heterocycles. The third-order valence-corrected chi connectivity index (χ3v) is 5.53. The summed E-state index contributed by atoms with van der Waals surface area (Å²) >= 11 is 0. The number of alkyl carbamates (subject to hydrolysis) is 1. The molecule has 37 heavy (non-hydrogen) atoms. The molecule has 11 heteroatoms. The second kappa shape index (κ2) is 10.5. The number of ether oxygens (including phenoxy) is 2. The van der Waals surface area contributed by atoms with E-state index in [1.165, 1.54) is 6.92 Å². The van der Waals surface area contributed by atoms with Gasteiger partial charge in [0.1, 0.15) is 17.6 Å². The van der Waals surface area contributed by atoms with Crippen molar-refractivity contribution in [1.82, 2.24) is 15.5 Å². The van der Waals surface area contributed by atoms with Gasteiger partial charge in [-0.1, -0.05) is 23.4 Å². The molecule has 0 spiro atoms. The van der Waals surface area contributed by atoms with Crippen LogP contribution in [0.1, 0.15) is 37.5 Å². The number of hydrogen-bond acceptors (Lipinski definition) is 9. The average Bonchev–Trinajstić information content (AvgIpc) is 3.50. The first kappa shape index (κ1) is 25.4. The van der Waals surface area contributed by atoms with E-state index >= 15 is 0 Å². The fourth-order valence-corrected chi connectivity index (χ4v) is 3.85. The van der Waals surface area contributed by atoms with E-state index in [1.54, 1.807) is 42.5 Å². The van der Waals surface area contributed by atoms with E-state index in [4.69, 9.17) is 19.1 Å². The van der Waals surface area contributed by atoms with Crippen LogP contribution in [0.3, 0.4) is 0 Å². The van der Waals surface area contributed by atoms with Crippen molar-refractivity contribution in [3.05, 3.63) is 59.2 Å². The van der Waals surface area contributed by atoms with Crippen LogP contribution < -0.4 is 10.1 Å². The van der Waals surface area contributed by atoms with Crippen molar-refractivity contribution in [3.8, 4) is 34.7 Å². The molecule has 3 aromatic rings. The van der Waals surface area contributed by atoms with Gasteiger partial charge in [-0.05, 0) is 57.0 Å². The monoisotopic (exact) mass is 504 g/mol. The normalized spacial score (nSPS) is 13.8. The van der Waals surface area contributed by atoms with Crippen molar-refractivity contribution in [2.24, 2.45) is 0 Å². The summed E-state index contributed by atoms with van der Waals surface area (Å²) in [6.45, 7) is 5.00. The molecule has 1 heterocycles. The van der Waals surface area contributed by atoms with Crippen molar-refractivity contribution in [2.75, 3.05) is 0 Å². The number of allylic oxidation sites excluding steroid dienone is 1. The lowest BCUT2D eigenvalue weighted by Crippen LogP contribution is -2.47. The molecule has 0 bridgehead atoms. The van der Waals surface area contributed by atoms with Crippen molar-refractivity contribution >= 4 is 17.8 Å². The summed E-state index contributed by atoms with van der Waals surface area (Å²) in [6.07, 6.45) is -0.302. The molecule has 2 atom stereocenters. The quantitative estimate of drug-likeness (QED) is 0.413. The van der Waals surface area contributed by atoms with E-state index in [1.807, 2.05) is 13.8 Å². The predicted octanol–water partition coefficient (Wildman–Crippen LogP) is 3.52. The molecule has 0 fully saturated rings. The Morgan fingerprint density at radius 2 is 1.95 bits per heavy atom. The lowest BCUT2D eigenvalue weighted by Gasteiger charge is -2.17. The van der Waals surface area contributed by atoms with E-state index < -0.39 is 24.2 Å². The molecule has 2 aromatic carbocycles. The van der Waals surface area contributed by atoms with E-state index in [0.29, 0.717) is 40.2 Å². The van der Waals surface area contributed by atoms with E-state index in [0.717, 1.165) is 5.56 Å². The maximum Gasteiger partial charge on any atom is 0.413 e. The molecule has 0 saturated carbocycles. The number of hydrogen-bond donors (Lipinski definition) is 3. The molecule has 4 rings (SSSR count). The largest absolute Gasteiger partial charge is 0.490 e. The van der Waals surface area contributed by atoms with Crippen LogP contribution in [0.4, 0.5) is 4.79 Å². The molecule has 1 aromatic heterocycles. The number of amides is 1. The maximum absolute atomic E-state index is 12.3. The Bertz CT molecular complexity index is 1420. The van der Waals surface area contributed by atoms with E-state index in [-0.39, 0.29) is 17.8 Å². The Morgan fingerprint density at radius 1 is 1.19 bits per heavy atom. The zero-order valence-corrected chi connectivity index (χ0v) is 20.3. The minimum atomic E-state index is -1.51. The Kier molecular flexibility index (Phi) is 7.22. The number of nitrogens with one attached hydrogen (secondary N) is 1. The zero-order chi connectivity index (χ0) is 26.7. The summed E-state index contributed by atoms with van der Waals surface area (Å²) in [5, 5.41) is 34.4. The fraction of sp³-hybridized carbons (Fsp3) is 0.269. The van der Waals surface area contributed by atoms with Crippen LogP contribution in [0.5, 0.6) is 5.75 Å². The van der Waals surface area contributed by atoms with Gasteiger partial charge in [-0.15, -0.1) is 0 Å². The Labute approximate surface area is 211 Å². The minimum Gasteiger partial charge on any atom is -0.490 e. The van der Waals surface area contributed by atoms with Gasteiger partial charge in [0, 0.05) is 16.7 Å². The van der Waals surface area contributed by atoms with Crippen LogP contribution in [0.15, 0.2) is 47.0 Å². The maximum atomic E-state index is 12.3. The number of nitriles is 1. The lowest BCUT2D eigenvalue weighted by molar-refractivity contribution is -0.141. The van der Waals surface area contributed by atoms with Gasteiger partial charge in [0.25, 0.3) is 5.89 Å². The van der Waals surface area contributed by atoms with Crippen LogP contribution in [0.2, 0.25) is 0 Å². The molecular weight excluding hydrogens is 480 g/mol. The van der Waals surface area contributed by atoms with Gasteiger partial charge in [-0.2, -0.15) is 10.2 Å². The lowest BCUT2D eigenvalue weighted by atomic mass is 10.0. The third-order valence-electron chi connectivity index (χ3n) is 5.53. The molecule has 3 N–H and O–H groups in total. The van der Waals surface area contributed by atoms with Gasteiger partial charge in [0.05, 0.1) is 17.8 Å². The summed E-state index contributed by atoms with van der Waals surface area (Å²) in [4.78, 5) is 28.0. The van der Waals surface area contributed by atoms with Crippen molar-refractivity contribution in [2.45, 2.75) is 45.4 Å². The third kappa shape index (κ3) is 5.44. The molecule has 0 radical (unpaired) electrons. The number of carbonyl (C=O) groups is 2. The number of carboxylic acid groups (broad SMARTS) is 1. The highest BCUT2D eigenvalue weighted by molar-refractivity contribution is 5.86. The van der Waals surface area contributed by atoms with Crippen LogP contribution >= 0.6 is 0 Å². The standard InChI is InChI=1S/C26H24N4O7/c1-13(2)35-20-9-7-15(11-16(20)12-27)24-29-23(30-37-24)19-6-4-5-18-17(19)8-10-21(18)36-26(34)28-22(14(3)31)25(32)33/h4-7,9-11,13-14,22,31H,8H2,1-3H3,(H,28,34)(H,32,33). The predicted molar refractivity (Wildman–Crippen MR) is 130 cm³/mol. The van der Waals surface area contributed by atoms with E-state index in [2.05, 4.69) is 21.5 Å². The first-order chi connectivity index (χ1) is 17.7. The van der Waals surface area contributed by atoms with Crippen molar-refractivity contribution < 1.29 is 33.8 Å². The highest BCUT2D eigenvalue weighted by atomic mass is 16.6. The average molecular weight is 504 g/mol. The van der Waals surface area contributed by atoms with E-state index in [9.17, 15) is 20.0 Å². The molecule has 1 aliphatic carbocycles. The van der Waals surface area contributed by atoms with Crippen molar-refractivity contribution in [1.29, 1.82) is 5.26 Å². The van der Waals surface area contributed by atoms with Crippen LogP contribution in [-0.4, -0.2) is 50.7 Å². The Balaban J connectivity index is 1.55. The second-order valence-electron chi connectivity index (χ2n) is 8.61. The summed E-state index contributed by atoms with van der Waals surface area (Å²) in [5.41, 5.74) is 2.97. The second-order valence-corrected chi connectivity index (χ2v) is 8.61. The number of fused-ring (bicyclic) bond motifs is 1. The summed E-state index contributed by atoms with van der Waals surface area (Å²) in [7, 11) is 0. The van der Waals surface area contributed by atoms with Gasteiger partial charge in [-0.25, -0.2) is 9.59 Å². The number of aliphatic hydroxyl groups excluding tert-OH is 1. The number of rotatable bonds is 8. The van der Waals surface area contributed by atoms with Gasteiger partial charge in [-0.3, -0.25) is 0 Å². The topological polar surface area (TPSA) is 168 Å². The molecule has 2 unspecified atom stereocenters. The van der Waals surface area contributed by atoms with Gasteiger partial charge in [0.15, 0.2) is 6.04 Å². The number of aromatic nitrogens is 2.